The third kappa shape index (κ3) is 3.11. The highest BCUT2D eigenvalue weighted by Crippen LogP contribution is 2.29. The number of hydrogen-bond acceptors (Lipinski definition) is 4. The van der Waals surface area contributed by atoms with E-state index in [1.807, 2.05) is 49.4 Å². The van der Waals surface area contributed by atoms with Gasteiger partial charge in [0.1, 0.15) is 17.8 Å². The number of ether oxygens (including phenoxy) is 2. The maximum Gasteiger partial charge on any atom is 0.511 e. The largest absolute Gasteiger partial charge is 0.511 e. The van der Waals surface area contributed by atoms with Gasteiger partial charge < -0.3 is 14.6 Å². The normalized spacial score (nSPS) is 10.7. The van der Waals surface area contributed by atoms with E-state index in [0.29, 0.717) is 23.7 Å². The van der Waals surface area contributed by atoms with Gasteiger partial charge >= 0.3 is 6.16 Å². The van der Waals surface area contributed by atoms with Crippen LogP contribution in [-0.4, -0.2) is 20.9 Å². The molecule has 2 heterocycles. The lowest BCUT2D eigenvalue weighted by molar-refractivity contribution is 0.144. The Labute approximate surface area is 132 Å². The van der Waals surface area contributed by atoms with E-state index in [4.69, 9.17) is 14.6 Å². The van der Waals surface area contributed by atoms with Crippen LogP contribution in [0.3, 0.4) is 0 Å². The van der Waals surface area contributed by atoms with Gasteiger partial charge in [0.15, 0.2) is 5.75 Å². The van der Waals surface area contributed by atoms with E-state index in [-0.39, 0.29) is 5.75 Å². The van der Waals surface area contributed by atoms with Crippen molar-refractivity contribution in [1.82, 2.24) is 9.61 Å². The summed E-state index contributed by atoms with van der Waals surface area (Å²) in [6.07, 6.45) is -1.36. The second-order valence-electron chi connectivity index (χ2n) is 5.22. The van der Waals surface area contributed by atoms with Crippen molar-refractivity contribution in [2.24, 2.45) is 0 Å². The van der Waals surface area contributed by atoms with E-state index in [9.17, 15) is 4.79 Å². The SMILES string of the molecule is Cc1cc(OCc2ccccc2)n2nc(C)c(OC(=O)O)c2c1. The number of rotatable bonds is 4. The van der Waals surface area contributed by atoms with Gasteiger partial charge in [0.2, 0.25) is 5.88 Å². The summed E-state index contributed by atoms with van der Waals surface area (Å²) >= 11 is 0. The van der Waals surface area contributed by atoms with Crippen LogP contribution < -0.4 is 9.47 Å². The Morgan fingerprint density at radius 1 is 1.22 bits per heavy atom. The van der Waals surface area contributed by atoms with Crippen molar-refractivity contribution in [2.75, 3.05) is 0 Å². The van der Waals surface area contributed by atoms with Crippen LogP contribution in [0.5, 0.6) is 11.6 Å². The lowest BCUT2D eigenvalue weighted by Crippen LogP contribution is -2.04. The fourth-order valence-electron chi connectivity index (χ4n) is 2.39. The second kappa shape index (κ2) is 6.00. The quantitative estimate of drug-likeness (QED) is 0.745. The highest BCUT2D eigenvalue weighted by atomic mass is 16.7. The van der Waals surface area contributed by atoms with Gasteiger partial charge in [-0.1, -0.05) is 30.3 Å². The van der Waals surface area contributed by atoms with E-state index in [1.165, 1.54) is 0 Å². The molecule has 3 rings (SSSR count). The van der Waals surface area contributed by atoms with Gasteiger partial charge in [-0.15, -0.1) is 0 Å². The van der Waals surface area contributed by atoms with Gasteiger partial charge in [-0.2, -0.15) is 9.61 Å². The third-order valence-electron chi connectivity index (χ3n) is 3.38. The van der Waals surface area contributed by atoms with Crippen molar-refractivity contribution in [1.29, 1.82) is 0 Å². The summed E-state index contributed by atoms with van der Waals surface area (Å²) in [5.41, 5.74) is 3.01. The van der Waals surface area contributed by atoms with E-state index in [1.54, 1.807) is 11.4 Å². The van der Waals surface area contributed by atoms with Gasteiger partial charge in [0, 0.05) is 6.07 Å². The van der Waals surface area contributed by atoms with Gasteiger partial charge in [0.25, 0.3) is 0 Å². The monoisotopic (exact) mass is 312 g/mol. The van der Waals surface area contributed by atoms with Crippen molar-refractivity contribution >= 4 is 11.7 Å². The number of aromatic nitrogens is 2. The molecule has 6 heteroatoms. The Morgan fingerprint density at radius 3 is 2.65 bits per heavy atom. The molecule has 0 spiro atoms. The summed E-state index contributed by atoms with van der Waals surface area (Å²) in [7, 11) is 0. The van der Waals surface area contributed by atoms with Gasteiger partial charge in [0.05, 0.1) is 0 Å². The minimum atomic E-state index is -1.36. The molecule has 0 aliphatic heterocycles. The number of pyridine rings is 1. The average molecular weight is 312 g/mol. The number of hydrogen-bond donors (Lipinski definition) is 1. The van der Waals surface area contributed by atoms with Crippen molar-refractivity contribution in [3.8, 4) is 11.6 Å². The number of aryl methyl sites for hydroxylation is 2. The van der Waals surface area contributed by atoms with Crippen LogP contribution in [0.2, 0.25) is 0 Å². The number of nitrogens with zero attached hydrogens (tertiary/aromatic N) is 2. The summed E-state index contributed by atoms with van der Waals surface area (Å²) in [5.74, 6) is 0.762. The summed E-state index contributed by atoms with van der Waals surface area (Å²) in [6.45, 7) is 4.00. The van der Waals surface area contributed by atoms with Gasteiger partial charge in [-0.05, 0) is 31.0 Å². The first-order valence-electron chi connectivity index (χ1n) is 7.12. The lowest BCUT2D eigenvalue weighted by Gasteiger charge is -2.09. The molecule has 0 aliphatic carbocycles. The molecular formula is C17H16N2O4. The lowest BCUT2D eigenvalue weighted by atomic mass is 10.2. The predicted octanol–water partition coefficient (Wildman–Crippen LogP) is 3.59. The summed E-state index contributed by atoms with van der Waals surface area (Å²) in [6, 6.07) is 13.4. The fourth-order valence-corrected chi connectivity index (χ4v) is 2.39. The van der Waals surface area contributed by atoms with Crippen molar-refractivity contribution in [3.63, 3.8) is 0 Å². The van der Waals surface area contributed by atoms with Crippen LogP contribution in [-0.2, 0) is 6.61 Å². The molecule has 0 saturated carbocycles. The van der Waals surface area contributed by atoms with Crippen LogP contribution in [0, 0.1) is 13.8 Å². The average Bonchev–Trinajstić information content (AvgIpc) is 2.82. The van der Waals surface area contributed by atoms with Gasteiger partial charge in [-0.3, -0.25) is 0 Å². The number of fused-ring (bicyclic) bond motifs is 1. The molecule has 1 aromatic carbocycles. The fraction of sp³-hybridized carbons (Fsp3) is 0.176. The first-order chi connectivity index (χ1) is 11.0. The first-order valence-corrected chi connectivity index (χ1v) is 7.12. The molecule has 2 aromatic heterocycles. The Hall–Kier alpha value is -3.02. The van der Waals surface area contributed by atoms with Crippen LogP contribution in [0.25, 0.3) is 5.52 Å². The molecule has 0 fully saturated rings. The minimum absolute atomic E-state index is 0.228. The topological polar surface area (TPSA) is 73.1 Å². The standard InChI is InChI=1S/C17H16N2O4/c1-11-8-14-16(23-17(20)21)12(2)18-19(14)15(9-11)22-10-13-6-4-3-5-7-13/h3-9H,10H2,1-2H3,(H,20,21). The smallest absolute Gasteiger partial charge is 0.473 e. The Bertz CT molecular complexity index is 856. The summed E-state index contributed by atoms with van der Waals surface area (Å²) < 4.78 is 12.3. The Kier molecular flexibility index (Phi) is 3.89. The van der Waals surface area contributed by atoms with Crippen molar-refractivity contribution < 1.29 is 19.4 Å². The summed E-state index contributed by atoms with van der Waals surface area (Å²) in [5, 5.41) is 13.2. The molecule has 118 valence electrons. The molecule has 3 aromatic rings. The Balaban J connectivity index is 1.98. The number of carboxylic acid groups (broad SMARTS) is 1. The molecule has 23 heavy (non-hydrogen) atoms. The zero-order chi connectivity index (χ0) is 16.4. The zero-order valence-corrected chi connectivity index (χ0v) is 12.8. The third-order valence-corrected chi connectivity index (χ3v) is 3.38. The van der Waals surface area contributed by atoms with Crippen LogP contribution in [0.4, 0.5) is 4.79 Å². The molecule has 0 atom stereocenters. The molecule has 0 radical (unpaired) electrons. The molecule has 1 N–H and O–H groups in total. The zero-order valence-electron chi connectivity index (χ0n) is 12.8. The maximum atomic E-state index is 10.9. The molecule has 0 aliphatic rings. The molecule has 0 amide bonds. The van der Waals surface area contributed by atoms with E-state index in [0.717, 1.165) is 11.1 Å². The first kappa shape index (κ1) is 14.9. The second-order valence-corrected chi connectivity index (χ2v) is 5.22. The Morgan fingerprint density at radius 2 is 1.96 bits per heavy atom. The maximum absolute atomic E-state index is 10.9. The highest BCUT2D eigenvalue weighted by molar-refractivity contribution is 5.71. The van der Waals surface area contributed by atoms with Crippen LogP contribution in [0.1, 0.15) is 16.8 Å². The number of benzene rings is 1. The van der Waals surface area contributed by atoms with Gasteiger partial charge in [-0.25, -0.2) is 4.79 Å². The molecule has 0 bridgehead atoms. The van der Waals surface area contributed by atoms with E-state index in [2.05, 4.69) is 5.10 Å². The molecule has 6 nitrogen and oxygen atoms in total. The highest BCUT2D eigenvalue weighted by Gasteiger charge is 2.17. The van der Waals surface area contributed by atoms with E-state index < -0.39 is 6.16 Å². The molecular weight excluding hydrogens is 296 g/mol. The summed E-state index contributed by atoms with van der Waals surface area (Å²) in [4.78, 5) is 10.9. The minimum Gasteiger partial charge on any atom is -0.473 e. The van der Waals surface area contributed by atoms with Crippen molar-refractivity contribution in [3.05, 3.63) is 59.3 Å². The molecule has 0 saturated heterocycles. The number of carbonyl (C=O) groups is 1. The van der Waals surface area contributed by atoms with Crippen molar-refractivity contribution in [2.45, 2.75) is 20.5 Å². The van der Waals surface area contributed by atoms with Crippen LogP contribution in [0.15, 0.2) is 42.5 Å². The van der Waals surface area contributed by atoms with E-state index >= 15 is 0 Å². The van der Waals surface area contributed by atoms with Crippen LogP contribution >= 0.6 is 0 Å². The predicted molar refractivity (Wildman–Crippen MR) is 84.1 cm³/mol. The molecule has 0 unspecified atom stereocenters.